The predicted octanol–water partition coefficient (Wildman–Crippen LogP) is 1.83. The average Bonchev–Trinajstić information content (AvgIpc) is 2.46. The van der Waals surface area contributed by atoms with Crippen molar-refractivity contribution in [2.24, 2.45) is 5.92 Å². The Balaban J connectivity index is 2.21. The molecule has 1 aromatic rings. The predicted molar refractivity (Wildman–Crippen MR) is 76.4 cm³/mol. The van der Waals surface area contributed by atoms with Crippen molar-refractivity contribution in [3.05, 3.63) is 30.1 Å². The Morgan fingerprint density at radius 3 is 2.85 bits per heavy atom. The number of piperidine rings is 1. The van der Waals surface area contributed by atoms with Crippen LogP contribution in [0.4, 0.5) is 4.39 Å². The summed E-state index contributed by atoms with van der Waals surface area (Å²) in [6.45, 7) is 3.05. The van der Waals surface area contributed by atoms with Crippen LogP contribution < -0.4 is 5.32 Å². The molecule has 1 aliphatic rings. The summed E-state index contributed by atoms with van der Waals surface area (Å²) >= 11 is 0. The first kappa shape index (κ1) is 15.4. The molecule has 6 heteroatoms. The van der Waals surface area contributed by atoms with Gasteiger partial charge in [0.1, 0.15) is 5.82 Å². The maximum atomic E-state index is 13.2. The van der Waals surface area contributed by atoms with Crippen LogP contribution in [0.2, 0.25) is 0 Å². The van der Waals surface area contributed by atoms with Crippen LogP contribution in [0, 0.1) is 11.7 Å². The quantitative estimate of drug-likeness (QED) is 0.923. The first-order chi connectivity index (χ1) is 9.45. The van der Waals surface area contributed by atoms with Crippen molar-refractivity contribution in [1.29, 1.82) is 0 Å². The lowest BCUT2D eigenvalue weighted by Crippen LogP contribution is -2.45. The molecular formula is C14H21FN2O2S. The third kappa shape index (κ3) is 3.19. The van der Waals surface area contributed by atoms with E-state index in [0.717, 1.165) is 18.9 Å². The molecule has 1 N–H and O–H groups in total. The van der Waals surface area contributed by atoms with Crippen LogP contribution in [0.25, 0.3) is 0 Å². The van der Waals surface area contributed by atoms with E-state index in [2.05, 4.69) is 12.2 Å². The molecule has 0 radical (unpaired) electrons. The van der Waals surface area contributed by atoms with Crippen molar-refractivity contribution < 1.29 is 12.8 Å². The summed E-state index contributed by atoms with van der Waals surface area (Å²) in [5.41, 5.74) is 0. The van der Waals surface area contributed by atoms with Gasteiger partial charge in [0.05, 0.1) is 4.90 Å². The molecule has 4 nitrogen and oxygen atoms in total. The minimum absolute atomic E-state index is 0.0373. The lowest BCUT2D eigenvalue weighted by molar-refractivity contribution is 0.229. The summed E-state index contributed by atoms with van der Waals surface area (Å²) in [6, 6.07) is 5.48. The van der Waals surface area contributed by atoms with E-state index < -0.39 is 15.8 Å². The molecule has 1 aromatic carbocycles. The van der Waals surface area contributed by atoms with Gasteiger partial charge >= 0.3 is 0 Å². The van der Waals surface area contributed by atoms with Crippen LogP contribution in [0.1, 0.15) is 19.8 Å². The molecule has 1 saturated heterocycles. The Morgan fingerprint density at radius 1 is 1.45 bits per heavy atom. The number of benzene rings is 1. The molecule has 1 fully saturated rings. The largest absolute Gasteiger partial charge is 0.317 e. The summed E-state index contributed by atoms with van der Waals surface area (Å²) in [5.74, 6) is -0.236. The van der Waals surface area contributed by atoms with Gasteiger partial charge in [-0.2, -0.15) is 4.31 Å². The monoisotopic (exact) mass is 300 g/mol. The highest BCUT2D eigenvalue weighted by Gasteiger charge is 2.32. The number of hydrogen-bond acceptors (Lipinski definition) is 3. The summed E-state index contributed by atoms with van der Waals surface area (Å²) in [4.78, 5) is 0.0373. The lowest BCUT2D eigenvalue weighted by Gasteiger charge is -2.34. The second-order valence-electron chi connectivity index (χ2n) is 5.30. The van der Waals surface area contributed by atoms with Crippen LogP contribution in [-0.4, -0.2) is 38.9 Å². The van der Waals surface area contributed by atoms with Gasteiger partial charge in [0.25, 0.3) is 0 Å². The Hall–Kier alpha value is -0.980. The van der Waals surface area contributed by atoms with Crippen molar-refractivity contribution in [3.8, 4) is 0 Å². The maximum Gasteiger partial charge on any atom is 0.243 e. The Morgan fingerprint density at radius 2 is 2.20 bits per heavy atom. The molecule has 0 aromatic heterocycles. The van der Waals surface area contributed by atoms with E-state index >= 15 is 0 Å². The third-order valence-corrected chi connectivity index (χ3v) is 5.88. The molecule has 1 heterocycles. The van der Waals surface area contributed by atoms with Gasteiger partial charge in [0, 0.05) is 19.1 Å². The van der Waals surface area contributed by atoms with Crippen molar-refractivity contribution >= 4 is 10.0 Å². The van der Waals surface area contributed by atoms with Crippen LogP contribution in [0.3, 0.4) is 0 Å². The molecule has 1 aliphatic heterocycles. The fraction of sp³-hybridized carbons (Fsp3) is 0.571. The highest BCUT2D eigenvalue weighted by atomic mass is 32.2. The number of nitrogens with zero attached hydrogens (tertiary/aromatic N) is 1. The lowest BCUT2D eigenvalue weighted by atomic mass is 9.93. The van der Waals surface area contributed by atoms with Gasteiger partial charge in [-0.25, -0.2) is 12.8 Å². The second kappa shape index (κ2) is 6.20. The van der Waals surface area contributed by atoms with E-state index in [4.69, 9.17) is 0 Å². The minimum atomic E-state index is -3.59. The molecule has 0 spiro atoms. The molecule has 2 rings (SSSR count). The van der Waals surface area contributed by atoms with Crippen LogP contribution >= 0.6 is 0 Å². The fourth-order valence-electron chi connectivity index (χ4n) is 2.61. The second-order valence-corrected chi connectivity index (χ2v) is 7.24. The molecule has 0 bridgehead atoms. The average molecular weight is 300 g/mol. The van der Waals surface area contributed by atoms with Crippen LogP contribution in [0.5, 0.6) is 0 Å². The number of halogens is 1. The Kier molecular flexibility index (Phi) is 4.78. The van der Waals surface area contributed by atoms with Crippen molar-refractivity contribution in [2.45, 2.75) is 30.7 Å². The normalized spacial score (nSPS) is 22.6. The smallest absolute Gasteiger partial charge is 0.243 e. The summed E-state index contributed by atoms with van der Waals surface area (Å²) in [6.07, 6.45) is 1.85. The van der Waals surface area contributed by atoms with E-state index in [1.165, 1.54) is 22.5 Å². The molecule has 0 aliphatic carbocycles. The van der Waals surface area contributed by atoms with E-state index in [1.54, 1.807) is 0 Å². The molecule has 112 valence electrons. The van der Waals surface area contributed by atoms with Gasteiger partial charge < -0.3 is 5.32 Å². The third-order valence-electron chi connectivity index (χ3n) is 4.02. The first-order valence-electron chi connectivity index (χ1n) is 6.88. The molecule has 0 saturated carbocycles. The van der Waals surface area contributed by atoms with Gasteiger partial charge in [-0.15, -0.1) is 0 Å². The molecule has 0 amide bonds. The Labute approximate surface area is 120 Å². The van der Waals surface area contributed by atoms with Crippen LogP contribution in [0.15, 0.2) is 29.2 Å². The highest BCUT2D eigenvalue weighted by molar-refractivity contribution is 7.89. The van der Waals surface area contributed by atoms with Crippen molar-refractivity contribution in [2.75, 3.05) is 20.1 Å². The summed E-state index contributed by atoms with van der Waals surface area (Å²) in [7, 11) is -1.71. The number of hydrogen-bond donors (Lipinski definition) is 1. The molecular weight excluding hydrogens is 279 g/mol. The molecule has 2 atom stereocenters. The van der Waals surface area contributed by atoms with Crippen molar-refractivity contribution in [3.63, 3.8) is 0 Å². The maximum absolute atomic E-state index is 13.2. The van der Waals surface area contributed by atoms with Gasteiger partial charge in [-0.1, -0.05) is 6.07 Å². The van der Waals surface area contributed by atoms with E-state index in [-0.39, 0.29) is 16.9 Å². The number of rotatable bonds is 4. The van der Waals surface area contributed by atoms with Gasteiger partial charge in [-0.05, 0) is 50.9 Å². The highest BCUT2D eigenvalue weighted by Crippen LogP contribution is 2.25. The van der Waals surface area contributed by atoms with Gasteiger partial charge in [0.15, 0.2) is 0 Å². The van der Waals surface area contributed by atoms with Gasteiger partial charge in [-0.3, -0.25) is 0 Å². The van der Waals surface area contributed by atoms with Crippen molar-refractivity contribution in [1.82, 2.24) is 9.62 Å². The topological polar surface area (TPSA) is 49.4 Å². The first-order valence-corrected chi connectivity index (χ1v) is 8.32. The van der Waals surface area contributed by atoms with Crippen LogP contribution in [-0.2, 0) is 10.0 Å². The standard InChI is InChI=1S/C14H21FN2O2S/c1-11(16-2)12-5-4-8-17(10-12)20(18,19)14-7-3-6-13(15)9-14/h3,6-7,9,11-12,16H,4-5,8,10H2,1-2H3. The number of sulfonamides is 1. The van der Waals surface area contributed by atoms with E-state index in [1.807, 2.05) is 7.05 Å². The summed E-state index contributed by atoms with van der Waals surface area (Å²) in [5, 5.41) is 3.17. The van der Waals surface area contributed by atoms with Gasteiger partial charge in [0.2, 0.25) is 10.0 Å². The molecule has 20 heavy (non-hydrogen) atoms. The fourth-order valence-corrected chi connectivity index (χ4v) is 4.18. The molecule has 2 unspecified atom stereocenters. The SMILES string of the molecule is CNC(C)C1CCCN(S(=O)(=O)c2cccc(F)c2)C1. The zero-order valence-electron chi connectivity index (χ0n) is 11.8. The number of nitrogens with one attached hydrogen (secondary N) is 1. The zero-order chi connectivity index (χ0) is 14.8. The summed E-state index contributed by atoms with van der Waals surface area (Å²) < 4.78 is 39.8. The van der Waals surface area contributed by atoms with E-state index in [9.17, 15) is 12.8 Å². The Bertz CT molecular complexity index is 562. The van der Waals surface area contributed by atoms with E-state index in [0.29, 0.717) is 13.1 Å². The minimum Gasteiger partial charge on any atom is -0.317 e. The zero-order valence-corrected chi connectivity index (χ0v) is 12.7.